The average Bonchev–Trinajstić information content (AvgIpc) is 3.10. The Hall–Kier alpha value is -2.34. The van der Waals surface area contributed by atoms with Gasteiger partial charge >= 0.3 is 0 Å². The van der Waals surface area contributed by atoms with Crippen LogP contribution in [0.2, 0.25) is 0 Å². The first-order valence-electron chi connectivity index (χ1n) is 10.1. The molecule has 1 unspecified atom stereocenters. The molecule has 2 rings (SSSR count). The summed E-state index contributed by atoms with van der Waals surface area (Å²) in [7, 11) is 0. The number of para-hydroxylation sites is 1. The molecule has 5 N–H and O–H groups in total. The van der Waals surface area contributed by atoms with Crippen molar-refractivity contribution in [1.29, 1.82) is 0 Å². The first-order chi connectivity index (χ1) is 13.4. The SMILES string of the molecule is CC.CC(C)CCC(=O)NC(Cc1c[nH]c2ccccc12)C(N)=O.CCCO. The Bertz CT molecular complexity index is 693. The standard InChI is InChI=1S/C17H23N3O2.C3H8O.C2H6/c1-11(2)7-8-16(21)20-15(17(18)22)9-12-10-19-14-6-4-3-5-13(12)14;1-2-3-4;1-2/h3-6,10-11,15,19H,7-9H2,1-2H3,(H2,18,22)(H,20,21);4H,2-3H2,1H3;1-2H3. The highest BCUT2D eigenvalue weighted by atomic mass is 16.2. The molecule has 0 aliphatic carbocycles. The van der Waals surface area contributed by atoms with Gasteiger partial charge in [0, 0.05) is 36.5 Å². The highest BCUT2D eigenvalue weighted by molar-refractivity contribution is 5.88. The molecule has 1 heterocycles. The second kappa shape index (κ2) is 14.7. The van der Waals surface area contributed by atoms with Crippen LogP contribution in [0, 0.1) is 5.92 Å². The van der Waals surface area contributed by atoms with Crippen LogP contribution in [0.4, 0.5) is 0 Å². The molecule has 0 aliphatic heterocycles. The van der Waals surface area contributed by atoms with Crippen molar-refractivity contribution in [3.8, 4) is 0 Å². The van der Waals surface area contributed by atoms with Crippen molar-refractivity contribution in [2.45, 2.75) is 66.3 Å². The van der Waals surface area contributed by atoms with Gasteiger partial charge in [-0.15, -0.1) is 0 Å². The Kier molecular flexibility index (Phi) is 13.5. The number of nitrogens with two attached hydrogens (primary N) is 1. The molecular formula is C22H37N3O3. The zero-order valence-corrected chi connectivity index (χ0v) is 17.9. The number of amides is 2. The van der Waals surface area contributed by atoms with Gasteiger partial charge in [0.25, 0.3) is 0 Å². The Morgan fingerprint density at radius 2 is 1.82 bits per heavy atom. The van der Waals surface area contributed by atoms with Crippen LogP contribution in [0.5, 0.6) is 0 Å². The Morgan fingerprint density at radius 1 is 1.21 bits per heavy atom. The van der Waals surface area contributed by atoms with E-state index in [0.29, 0.717) is 25.4 Å². The smallest absolute Gasteiger partial charge is 0.240 e. The number of aliphatic hydroxyl groups is 1. The maximum atomic E-state index is 11.9. The topological polar surface area (TPSA) is 108 Å². The van der Waals surface area contributed by atoms with Crippen LogP contribution in [0.25, 0.3) is 10.9 Å². The number of H-pyrrole nitrogens is 1. The lowest BCUT2D eigenvalue weighted by Gasteiger charge is -2.15. The molecule has 158 valence electrons. The van der Waals surface area contributed by atoms with Crippen molar-refractivity contribution in [2.24, 2.45) is 11.7 Å². The van der Waals surface area contributed by atoms with Crippen molar-refractivity contribution in [3.05, 3.63) is 36.0 Å². The number of nitrogens with one attached hydrogen (secondary N) is 2. The molecule has 1 aromatic heterocycles. The van der Waals surface area contributed by atoms with E-state index in [1.54, 1.807) is 0 Å². The number of hydrogen-bond donors (Lipinski definition) is 4. The molecule has 0 saturated carbocycles. The van der Waals surface area contributed by atoms with Gasteiger partial charge in [-0.2, -0.15) is 0 Å². The molecule has 0 aliphatic rings. The fourth-order valence-corrected chi connectivity index (χ4v) is 2.43. The van der Waals surface area contributed by atoms with E-state index in [1.807, 2.05) is 51.2 Å². The number of benzene rings is 1. The van der Waals surface area contributed by atoms with Gasteiger partial charge in [-0.3, -0.25) is 9.59 Å². The van der Waals surface area contributed by atoms with Gasteiger partial charge < -0.3 is 21.1 Å². The minimum absolute atomic E-state index is 0.127. The summed E-state index contributed by atoms with van der Waals surface area (Å²) >= 11 is 0. The van der Waals surface area contributed by atoms with E-state index in [2.05, 4.69) is 24.1 Å². The summed E-state index contributed by atoms with van der Waals surface area (Å²) in [6.07, 6.45) is 4.34. The molecule has 1 atom stereocenters. The zero-order valence-electron chi connectivity index (χ0n) is 17.9. The third-order valence-corrected chi connectivity index (χ3v) is 3.95. The summed E-state index contributed by atoms with van der Waals surface area (Å²) in [5.74, 6) is -0.188. The molecule has 2 aromatic rings. The van der Waals surface area contributed by atoms with E-state index >= 15 is 0 Å². The number of carbonyl (C=O) groups excluding carboxylic acids is 2. The quantitative estimate of drug-likeness (QED) is 0.553. The number of hydrogen-bond acceptors (Lipinski definition) is 3. The lowest BCUT2D eigenvalue weighted by atomic mass is 10.0. The Morgan fingerprint density at radius 3 is 2.36 bits per heavy atom. The highest BCUT2D eigenvalue weighted by Gasteiger charge is 2.20. The van der Waals surface area contributed by atoms with Crippen LogP contribution in [0.1, 0.15) is 59.4 Å². The fraction of sp³-hybridized carbons (Fsp3) is 0.545. The lowest BCUT2D eigenvalue weighted by molar-refractivity contribution is -0.127. The van der Waals surface area contributed by atoms with Gasteiger partial charge in [0.15, 0.2) is 0 Å². The van der Waals surface area contributed by atoms with Gasteiger partial charge in [-0.05, 0) is 30.4 Å². The summed E-state index contributed by atoms with van der Waals surface area (Å²) in [5, 5.41) is 11.7. The molecule has 0 bridgehead atoms. The van der Waals surface area contributed by atoms with E-state index in [4.69, 9.17) is 10.8 Å². The Balaban J connectivity index is 0.00000108. The lowest BCUT2D eigenvalue weighted by Crippen LogP contribution is -2.45. The largest absolute Gasteiger partial charge is 0.396 e. The fourth-order valence-electron chi connectivity index (χ4n) is 2.43. The van der Waals surface area contributed by atoms with Crippen molar-refractivity contribution in [3.63, 3.8) is 0 Å². The van der Waals surface area contributed by atoms with Crippen molar-refractivity contribution in [1.82, 2.24) is 10.3 Å². The van der Waals surface area contributed by atoms with Crippen LogP contribution in [-0.2, 0) is 16.0 Å². The number of primary amides is 1. The molecule has 1 aromatic carbocycles. The number of aliphatic hydroxyl groups excluding tert-OH is 1. The van der Waals surface area contributed by atoms with Crippen molar-refractivity contribution < 1.29 is 14.7 Å². The van der Waals surface area contributed by atoms with Gasteiger partial charge in [0.05, 0.1) is 0 Å². The minimum Gasteiger partial charge on any atom is -0.396 e. The minimum atomic E-state index is -0.682. The monoisotopic (exact) mass is 391 g/mol. The second-order valence-corrected chi connectivity index (χ2v) is 6.74. The van der Waals surface area contributed by atoms with Crippen LogP contribution in [-0.4, -0.2) is 34.6 Å². The summed E-state index contributed by atoms with van der Waals surface area (Å²) in [4.78, 5) is 26.7. The third-order valence-electron chi connectivity index (χ3n) is 3.95. The zero-order chi connectivity index (χ0) is 21.5. The van der Waals surface area contributed by atoms with Gasteiger partial charge in [-0.1, -0.05) is 52.8 Å². The number of carbonyl (C=O) groups is 2. The molecular weight excluding hydrogens is 354 g/mol. The summed E-state index contributed by atoms with van der Waals surface area (Å²) in [6.45, 7) is 10.4. The summed E-state index contributed by atoms with van der Waals surface area (Å²) in [6, 6.07) is 7.17. The second-order valence-electron chi connectivity index (χ2n) is 6.74. The van der Waals surface area contributed by atoms with E-state index in [-0.39, 0.29) is 5.91 Å². The van der Waals surface area contributed by atoms with E-state index in [9.17, 15) is 9.59 Å². The third kappa shape index (κ3) is 9.55. The number of fused-ring (bicyclic) bond motifs is 1. The normalized spacial score (nSPS) is 11.1. The van der Waals surface area contributed by atoms with E-state index in [1.165, 1.54) is 0 Å². The molecule has 6 nitrogen and oxygen atoms in total. The van der Waals surface area contributed by atoms with Crippen molar-refractivity contribution in [2.75, 3.05) is 6.61 Å². The van der Waals surface area contributed by atoms with Gasteiger partial charge in [0.1, 0.15) is 6.04 Å². The maximum Gasteiger partial charge on any atom is 0.240 e. The van der Waals surface area contributed by atoms with E-state index < -0.39 is 11.9 Å². The van der Waals surface area contributed by atoms with Gasteiger partial charge in [0.2, 0.25) is 11.8 Å². The Labute approximate surface area is 168 Å². The molecule has 0 saturated heterocycles. The maximum absolute atomic E-state index is 11.9. The highest BCUT2D eigenvalue weighted by Crippen LogP contribution is 2.19. The number of aromatic nitrogens is 1. The molecule has 0 radical (unpaired) electrons. The predicted molar refractivity (Wildman–Crippen MR) is 116 cm³/mol. The molecule has 28 heavy (non-hydrogen) atoms. The average molecular weight is 392 g/mol. The van der Waals surface area contributed by atoms with E-state index in [0.717, 1.165) is 29.3 Å². The summed E-state index contributed by atoms with van der Waals surface area (Å²) < 4.78 is 0. The number of aromatic amines is 1. The molecule has 2 amide bonds. The van der Waals surface area contributed by atoms with Crippen molar-refractivity contribution >= 4 is 22.7 Å². The van der Waals surface area contributed by atoms with Crippen LogP contribution in [0.3, 0.4) is 0 Å². The van der Waals surface area contributed by atoms with Crippen LogP contribution >= 0.6 is 0 Å². The molecule has 6 heteroatoms. The van der Waals surface area contributed by atoms with Gasteiger partial charge in [-0.25, -0.2) is 0 Å². The first-order valence-corrected chi connectivity index (χ1v) is 10.1. The molecule has 0 fully saturated rings. The summed E-state index contributed by atoms with van der Waals surface area (Å²) in [5.41, 5.74) is 7.42. The first kappa shape index (κ1) is 25.7. The number of rotatable bonds is 8. The van der Waals surface area contributed by atoms with Crippen LogP contribution < -0.4 is 11.1 Å². The predicted octanol–water partition coefficient (Wildman–Crippen LogP) is 3.53. The molecule has 0 spiro atoms. The van der Waals surface area contributed by atoms with Crippen LogP contribution in [0.15, 0.2) is 30.5 Å².